The molecule has 1 aromatic heterocycles. The molecule has 1 aliphatic carbocycles. The van der Waals surface area contributed by atoms with Crippen LogP contribution in [0, 0.1) is 5.92 Å². The van der Waals surface area contributed by atoms with E-state index in [1.54, 1.807) is 42.1 Å². The second kappa shape index (κ2) is 10.8. The molecule has 1 amide bonds. The molecule has 0 saturated heterocycles. The molecule has 3 rings (SSSR count). The van der Waals surface area contributed by atoms with Crippen LogP contribution in [0.5, 0.6) is 0 Å². The van der Waals surface area contributed by atoms with Crippen LogP contribution in [-0.2, 0) is 38.2 Å². The van der Waals surface area contributed by atoms with Crippen LogP contribution in [0.4, 0.5) is 0 Å². The number of hydrogen-bond donors (Lipinski definition) is 0. The molecule has 9 heteroatoms. The van der Waals surface area contributed by atoms with Crippen molar-refractivity contribution < 1.29 is 17.9 Å². The summed E-state index contributed by atoms with van der Waals surface area (Å²) in [5.41, 5.74) is 1.21. The van der Waals surface area contributed by atoms with Crippen molar-refractivity contribution in [3.8, 4) is 0 Å². The number of rotatable bonds is 10. The van der Waals surface area contributed by atoms with Gasteiger partial charge < -0.3 is 14.2 Å². The number of amides is 1. The fourth-order valence-electron chi connectivity index (χ4n) is 4.17. The van der Waals surface area contributed by atoms with Crippen LogP contribution >= 0.6 is 11.6 Å². The molecule has 0 aliphatic heterocycles. The van der Waals surface area contributed by atoms with Crippen LogP contribution in [0.1, 0.15) is 50.8 Å². The molecule has 1 fully saturated rings. The third-order valence-electron chi connectivity index (χ3n) is 5.95. The smallest absolute Gasteiger partial charge is 0.228 e. The summed E-state index contributed by atoms with van der Waals surface area (Å²) in [5.74, 6) is -0.0565. The molecular weight excluding hydrogens is 450 g/mol. The van der Waals surface area contributed by atoms with E-state index in [2.05, 4.69) is 4.98 Å². The van der Waals surface area contributed by atoms with E-state index in [0.29, 0.717) is 36.0 Å². The van der Waals surface area contributed by atoms with E-state index in [1.807, 2.05) is 18.7 Å². The molecule has 176 valence electrons. The number of aromatic nitrogens is 2. The van der Waals surface area contributed by atoms with E-state index in [-0.39, 0.29) is 28.8 Å². The molecule has 32 heavy (non-hydrogen) atoms. The number of ether oxygens (including phenoxy) is 1. The Kier molecular flexibility index (Phi) is 8.36. The van der Waals surface area contributed by atoms with Crippen LogP contribution in [0.3, 0.4) is 0 Å². The van der Waals surface area contributed by atoms with Crippen LogP contribution in [-0.4, -0.2) is 48.5 Å². The molecule has 0 spiro atoms. The topological polar surface area (TPSA) is 81.5 Å². The summed E-state index contributed by atoms with van der Waals surface area (Å²) in [5, 5.41) is 0.376. The fourth-order valence-corrected chi connectivity index (χ4v) is 6.00. The average molecular weight is 482 g/mol. The molecular formula is C23H32ClN3O4S. The standard InChI is InChI=1S/C23H32ClN3O4S/c1-17(2)27(22(28)18-8-4-5-9-18)15-20-14-25-23(26(20)12-13-31-3)32(29,30)16-19-10-6-7-11-21(19)24/h6-7,10-11,14,17-18H,4-5,8-9,12-13,15-16H2,1-3H3. The van der Waals surface area contributed by atoms with Gasteiger partial charge in [-0.3, -0.25) is 4.79 Å². The highest BCUT2D eigenvalue weighted by atomic mass is 35.5. The largest absolute Gasteiger partial charge is 0.383 e. The predicted molar refractivity (Wildman–Crippen MR) is 124 cm³/mol. The van der Waals surface area contributed by atoms with Gasteiger partial charge in [0.1, 0.15) is 0 Å². The summed E-state index contributed by atoms with van der Waals surface area (Å²) >= 11 is 6.19. The van der Waals surface area contributed by atoms with Gasteiger partial charge in [0.25, 0.3) is 0 Å². The molecule has 7 nitrogen and oxygen atoms in total. The molecule has 0 bridgehead atoms. The van der Waals surface area contributed by atoms with E-state index in [4.69, 9.17) is 16.3 Å². The SMILES string of the molecule is COCCn1c(CN(C(=O)C2CCCC2)C(C)C)cnc1S(=O)(=O)Cc1ccccc1Cl. The highest BCUT2D eigenvalue weighted by Crippen LogP contribution is 2.28. The van der Waals surface area contributed by atoms with Crippen molar-refractivity contribution in [2.24, 2.45) is 5.92 Å². The zero-order chi connectivity index (χ0) is 23.3. The fraction of sp³-hybridized carbons (Fsp3) is 0.565. The third kappa shape index (κ3) is 5.71. The Morgan fingerprint density at radius 2 is 1.97 bits per heavy atom. The number of sulfone groups is 1. The number of halogens is 1. The second-order valence-electron chi connectivity index (χ2n) is 8.57. The van der Waals surface area contributed by atoms with E-state index in [0.717, 1.165) is 25.7 Å². The molecule has 0 unspecified atom stereocenters. The minimum atomic E-state index is -3.76. The van der Waals surface area contributed by atoms with Gasteiger partial charge in [-0.05, 0) is 38.3 Å². The van der Waals surface area contributed by atoms with Crippen LogP contribution in [0.2, 0.25) is 5.02 Å². The number of methoxy groups -OCH3 is 1. The maximum atomic E-state index is 13.3. The van der Waals surface area contributed by atoms with Gasteiger partial charge >= 0.3 is 0 Å². The minimum absolute atomic E-state index is 0.00272. The molecule has 0 N–H and O–H groups in total. The quantitative estimate of drug-likeness (QED) is 0.510. The maximum Gasteiger partial charge on any atom is 0.228 e. The zero-order valence-electron chi connectivity index (χ0n) is 19.0. The van der Waals surface area contributed by atoms with E-state index < -0.39 is 9.84 Å². The number of nitrogens with zero attached hydrogens (tertiary/aromatic N) is 3. The summed E-state index contributed by atoms with van der Waals surface area (Å²) in [6.07, 6.45) is 5.56. The lowest BCUT2D eigenvalue weighted by Crippen LogP contribution is -2.40. The highest BCUT2D eigenvalue weighted by molar-refractivity contribution is 7.90. The Balaban J connectivity index is 1.91. The van der Waals surface area contributed by atoms with Crippen LogP contribution in [0.15, 0.2) is 35.6 Å². The normalized spacial score (nSPS) is 14.9. The van der Waals surface area contributed by atoms with E-state index >= 15 is 0 Å². The van der Waals surface area contributed by atoms with Crippen LogP contribution in [0.25, 0.3) is 0 Å². The van der Waals surface area contributed by atoms with Crippen LogP contribution < -0.4 is 0 Å². The Morgan fingerprint density at radius 1 is 1.28 bits per heavy atom. The van der Waals surface area contributed by atoms with Gasteiger partial charge in [-0.1, -0.05) is 42.6 Å². The zero-order valence-corrected chi connectivity index (χ0v) is 20.5. The molecule has 2 aromatic rings. The highest BCUT2D eigenvalue weighted by Gasteiger charge is 2.31. The van der Waals surface area contributed by atoms with Crippen molar-refractivity contribution in [2.45, 2.75) is 69.6 Å². The van der Waals surface area contributed by atoms with Gasteiger partial charge in [-0.2, -0.15) is 0 Å². The Labute approximate surface area is 195 Å². The maximum absolute atomic E-state index is 13.3. The first-order valence-electron chi connectivity index (χ1n) is 11.0. The minimum Gasteiger partial charge on any atom is -0.383 e. The number of carbonyl (C=O) groups is 1. The molecule has 1 aromatic carbocycles. The van der Waals surface area contributed by atoms with Gasteiger partial charge in [0.15, 0.2) is 0 Å². The van der Waals surface area contributed by atoms with E-state index in [9.17, 15) is 13.2 Å². The first-order chi connectivity index (χ1) is 15.2. The van der Waals surface area contributed by atoms with E-state index in [1.165, 1.54) is 0 Å². The lowest BCUT2D eigenvalue weighted by molar-refractivity contribution is -0.137. The predicted octanol–water partition coefficient (Wildman–Crippen LogP) is 4.08. The lowest BCUT2D eigenvalue weighted by Gasteiger charge is -2.29. The van der Waals surface area contributed by atoms with Gasteiger partial charge in [-0.25, -0.2) is 13.4 Å². The first-order valence-corrected chi connectivity index (χ1v) is 13.1. The Hall–Kier alpha value is -1.90. The number of hydrogen-bond acceptors (Lipinski definition) is 5. The van der Waals surface area contributed by atoms with Gasteiger partial charge in [0.2, 0.25) is 20.9 Å². The Bertz CT molecular complexity index is 1030. The van der Waals surface area contributed by atoms with Crippen molar-refractivity contribution in [3.05, 3.63) is 46.7 Å². The average Bonchev–Trinajstić information content (AvgIpc) is 3.42. The summed E-state index contributed by atoms with van der Waals surface area (Å²) in [4.78, 5) is 19.2. The van der Waals surface area contributed by atoms with Crippen molar-refractivity contribution in [1.82, 2.24) is 14.5 Å². The number of benzene rings is 1. The molecule has 1 heterocycles. The summed E-state index contributed by atoms with van der Waals surface area (Å²) in [6.45, 7) is 4.93. The number of imidazole rings is 1. The first kappa shape index (κ1) is 24.7. The summed E-state index contributed by atoms with van der Waals surface area (Å²) in [6, 6.07) is 6.89. The monoisotopic (exact) mass is 481 g/mol. The van der Waals surface area contributed by atoms with Crippen molar-refractivity contribution in [1.29, 1.82) is 0 Å². The molecule has 0 atom stereocenters. The van der Waals surface area contributed by atoms with Gasteiger partial charge in [0.05, 0.1) is 30.8 Å². The van der Waals surface area contributed by atoms with Crippen molar-refractivity contribution in [3.63, 3.8) is 0 Å². The second-order valence-corrected chi connectivity index (χ2v) is 10.9. The summed E-state index contributed by atoms with van der Waals surface area (Å²) < 4.78 is 33.4. The molecule has 0 radical (unpaired) electrons. The van der Waals surface area contributed by atoms with Gasteiger partial charge in [0, 0.05) is 30.6 Å². The third-order valence-corrected chi connectivity index (χ3v) is 7.89. The number of carbonyl (C=O) groups excluding carboxylic acids is 1. The molecule has 1 saturated carbocycles. The van der Waals surface area contributed by atoms with Crippen molar-refractivity contribution in [2.75, 3.05) is 13.7 Å². The Morgan fingerprint density at radius 3 is 2.59 bits per heavy atom. The molecule has 1 aliphatic rings. The lowest BCUT2D eigenvalue weighted by atomic mass is 10.1. The van der Waals surface area contributed by atoms with Gasteiger partial charge in [-0.15, -0.1) is 0 Å². The summed E-state index contributed by atoms with van der Waals surface area (Å²) in [7, 11) is -2.19. The van der Waals surface area contributed by atoms with Crippen molar-refractivity contribution >= 4 is 27.3 Å².